The maximum Gasteiger partial charge on any atom is 0.206 e. The molecule has 0 saturated carbocycles. The lowest BCUT2D eigenvalue weighted by molar-refractivity contribution is -0.176. The number of phenols is 1. The van der Waals surface area contributed by atoms with Crippen molar-refractivity contribution < 1.29 is 24.7 Å². The van der Waals surface area contributed by atoms with Crippen LogP contribution >= 0.6 is 0 Å². The molecule has 0 heterocycles. The number of benzene rings is 1. The molecule has 1 aromatic carbocycles. The van der Waals surface area contributed by atoms with Crippen molar-refractivity contribution in [2.45, 2.75) is 0 Å². The first kappa shape index (κ1) is 10.7. The van der Waals surface area contributed by atoms with Crippen LogP contribution in [0.2, 0.25) is 0 Å². The smallest absolute Gasteiger partial charge is 0.206 e. The van der Waals surface area contributed by atoms with Crippen molar-refractivity contribution in [1.29, 1.82) is 0 Å². The summed E-state index contributed by atoms with van der Waals surface area (Å²) in [6.07, 6.45) is 0. The zero-order chi connectivity index (χ0) is 9.56. The van der Waals surface area contributed by atoms with Gasteiger partial charge in [0.2, 0.25) is 5.82 Å². The Kier molecular flexibility index (Phi) is 4.75. The minimum absolute atomic E-state index is 0.0556. The summed E-state index contributed by atoms with van der Waals surface area (Å²) < 4.78 is 17.2. The van der Waals surface area contributed by atoms with Gasteiger partial charge in [-0.2, -0.15) is 4.39 Å². The predicted octanol–water partition coefficient (Wildman–Crippen LogP) is 1.56. The average Bonchev–Trinajstić information content (AvgIpc) is 2.13. The van der Waals surface area contributed by atoms with E-state index in [9.17, 15) is 4.39 Å². The highest BCUT2D eigenvalue weighted by Crippen LogP contribution is 2.23. The molecular weight excluding hydrogens is 167 g/mol. The first-order valence-corrected chi connectivity index (χ1v) is 2.97. The lowest BCUT2D eigenvalue weighted by Crippen LogP contribution is -1.86. The van der Waals surface area contributed by atoms with Crippen molar-refractivity contribution in [2.75, 3.05) is 7.11 Å². The van der Waals surface area contributed by atoms with Gasteiger partial charge in [0.25, 0.3) is 0 Å². The van der Waals surface area contributed by atoms with Gasteiger partial charge in [-0.15, -0.1) is 0 Å². The molecule has 5 heteroatoms. The largest absolute Gasteiger partial charge is 0.505 e. The van der Waals surface area contributed by atoms with Crippen LogP contribution in [0.25, 0.3) is 0 Å². The first-order chi connectivity index (χ1) is 5.75. The Morgan fingerprint density at radius 3 is 2.33 bits per heavy atom. The zero-order valence-electron chi connectivity index (χ0n) is 6.36. The van der Waals surface area contributed by atoms with Gasteiger partial charge in [-0.05, 0) is 12.1 Å². The van der Waals surface area contributed by atoms with E-state index in [1.165, 1.54) is 25.3 Å². The quantitative estimate of drug-likeness (QED) is 0.448. The summed E-state index contributed by atoms with van der Waals surface area (Å²) in [4.78, 5) is 0. The first-order valence-electron chi connectivity index (χ1n) is 2.97. The Hall–Kier alpha value is -1.33. The van der Waals surface area contributed by atoms with Crippen LogP contribution in [-0.2, 0) is 0 Å². The van der Waals surface area contributed by atoms with Crippen LogP contribution in [0.3, 0.4) is 0 Å². The molecule has 0 aliphatic carbocycles. The van der Waals surface area contributed by atoms with Gasteiger partial charge in [-0.3, -0.25) is 10.5 Å². The van der Waals surface area contributed by atoms with Crippen LogP contribution in [0.1, 0.15) is 0 Å². The average molecular weight is 176 g/mol. The monoisotopic (exact) mass is 176 g/mol. The summed E-state index contributed by atoms with van der Waals surface area (Å²) in [5, 5.41) is 20.8. The third kappa shape index (κ3) is 2.37. The van der Waals surface area contributed by atoms with Crippen LogP contribution < -0.4 is 4.74 Å². The van der Waals surface area contributed by atoms with Crippen molar-refractivity contribution in [1.82, 2.24) is 0 Å². The molecule has 0 aliphatic heterocycles. The molecule has 0 amide bonds. The van der Waals surface area contributed by atoms with Gasteiger partial charge in [0.15, 0.2) is 11.5 Å². The van der Waals surface area contributed by atoms with Gasteiger partial charge in [-0.25, -0.2) is 0 Å². The number of phenolic OH excluding ortho intramolecular Hbond substituents is 1. The molecule has 4 nitrogen and oxygen atoms in total. The maximum atomic E-state index is 12.6. The fourth-order valence-corrected chi connectivity index (χ4v) is 0.657. The molecule has 0 radical (unpaired) electrons. The van der Waals surface area contributed by atoms with Crippen molar-refractivity contribution in [3.8, 4) is 11.5 Å². The molecule has 0 atom stereocenters. The van der Waals surface area contributed by atoms with E-state index in [1.807, 2.05) is 0 Å². The maximum absolute atomic E-state index is 12.6. The number of halogens is 1. The summed E-state index contributed by atoms with van der Waals surface area (Å²) >= 11 is 0. The Bertz CT molecular complexity index is 239. The van der Waals surface area contributed by atoms with E-state index < -0.39 is 5.82 Å². The lowest BCUT2D eigenvalue weighted by atomic mass is 10.3. The van der Waals surface area contributed by atoms with Gasteiger partial charge >= 0.3 is 0 Å². The standard InChI is InChI=1S/C7H7FO2.H2O2/c1-10-6-4-2-3-5(9)7(6)8;1-2/h2-4,9H,1H3;1-2H. The molecule has 1 aromatic rings. The summed E-state index contributed by atoms with van der Waals surface area (Å²) in [5.41, 5.74) is 0. The van der Waals surface area contributed by atoms with Crippen molar-refractivity contribution >= 4 is 0 Å². The summed E-state index contributed by atoms with van der Waals surface area (Å²) in [6, 6.07) is 4.21. The number of ether oxygens (including phenoxy) is 1. The summed E-state index contributed by atoms with van der Waals surface area (Å²) in [6.45, 7) is 0. The molecule has 12 heavy (non-hydrogen) atoms. The van der Waals surface area contributed by atoms with E-state index in [1.54, 1.807) is 0 Å². The minimum atomic E-state index is -0.718. The molecule has 0 aliphatic rings. The van der Waals surface area contributed by atoms with E-state index in [2.05, 4.69) is 4.74 Å². The lowest BCUT2D eigenvalue weighted by Gasteiger charge is -2.00. The fraction of sp³-hybridized carbons (Fsp3) is 0.143. The minimum Gasteiger partial charge on any atom is -0.505 e. The van der Waals surface area contributed by atoms with Crippen LogP contribution in [0.4, 0.5) is 4.39 Å². The number of methoxy groups -OCH3 is 1. The SMILES string of the molecule is COc1cccc(O)c1F.OO. The zero-order valence-corrected chi connectivity index (χ0v) is 6.36. The second-order valence-electron chi connectivity index (χ2n) is 1.79. The summed E-state index contributed by atoms with van der Waals surface area (Å²) in [5.74, 6) is -1.05. The van der Waals surface area contributed by atoms with E-state index >= 15 is 0 Å². The number of aromatic hydroxyl groups is 1. The highest BCUT2D eigenvalue weighted by atomic mass is 19.1. The highest BCUT2D eigenvalue weighted by Gasteiger charge is 2.04. The second-order valence-corrected chi connectivity index (χ2v) is 1.79. The number of hydrogen-bond acceptors (Lipinski definition) is 4. The third-order valence-corrected chi connectivity index (χ3v) is 1.16. The Balaban J connectivity index is 0.000000561. The molecule has 0 spiro atoms. The molecular formula is C7H9FO4. The molecule has 1 rings (SSSR count). The molecule has 0 saturated heterocycles. The molecule has 68 valence electrons. The van der Waals surface area contributed by atoms with Crippen molar-refractivity contribution in [3.05, 3.63) is 24.0 Å². The number of rotatable bonds is 1. The second kappa shape index (κ2) is 5.34. The van der Waals surface area contributed by atoms with E-state index in [0.717, 1.165) is 0 Å². The molecule has 0 unspecified atom stereocenters. The van der Waals surface area contributed by atoms with E-state index in [0.29, 0.717) is 0 Å². The van der Waals surface area contributed by atoms with Gasteiger partial charge in [0.05, 0.1) is 7.11 Å². The van der Waals surface area contributed by atoms with Crippen LogP contribution in [0.15, 0.2) is 18.2 Å². The Labute approximate surface area is 68.4 Å². The van der Waals surface area contributed by atoms with Gasteiger partial charge in [-0.1, -0.05) is 6.07 Å². The molecule has 0 bridgehead atoms. The van der Waals surface area contributed by atoms with Gasteiger partial charge in [0, 0.05) is 0 Å². The van der Waals surface area contributed by atoms with Crippen molar-refractivity contribution in [2.24, 2.45) is 0 Å². The Morgan fingerprint density at radius 1 is 1.33 bits per heavy atom. The fourth-order valence-electron chi connectivity index (χ4n) is 0.657. The molecule has 0 fully saturated rings. The van der Waals surface area contributed by atoms with Crippen LogP contribution in [0, 0.1) is 5.82 Å². The third-order valence-electron chi connectivity index (χ3n) is 1.16. The van der Waals surface area contributed by atoms with Gasteiger partial charge in [0.1, 0.15) is 0 Å². The van der Waals surface area contributed by atoms with Crippen LogP contribution in [-0.4, -0.2) is 22.7 Å². The van der Waals surface area contributed by atoms with E-state index in [4.69, 9.17) is 15.6 Å². The molecule has 0 aromatic heterocycles. The van der Waals surface area contributed by atoms with Gasteiger partial charge < -0.3 is 9.84 Å². The van der Waals surface area contributed by atoms with Crippen LogP contribution in [0.5, 0.6) is 11.5 Å². The highest BCUT2D eigenvalue weighted by molar-refractivity contribution is 5.34. The Morgan fingerprint density at radius 2 is 1.92 bits per heavy atom. The van der Waals surface area contributed by atoms with Crippen molar-refractivity contribution in [3.63, 3.8) is 0 Å². The molecule has 3 N–H and O–H groups in total. The summed E-state index contributed by atoms with van der Waals surface area (Å²) in [7, 11) is 1.35. The topological polar surface area (TPSA) is 69.9 Å². The number of hydrogen-bond donors (Lipinski definition) is 3. The predicted molar refractivity (Wildman–Crippen MR) is 39.9 cm³/mol. The normalized spacial score (nSPS) is 8.33. The van der Waals surface area contributed by atoms with E-state index in [-0.39, 0.29) is 11.5 Å².